The van der Waals surface area contributed by atoms with Crippen molar-refractivity contribution in [1.29, 1.82) is 0 Å². The Bertz CT molecular complexity index is 482. The van der Waals surface area contributed by atoms with Crippen LogP contribution in [-0.4, -0.2) is 32.0 Å². The SMILES string of the molecule is C[C@H](c1cccs1)N(C)C(=O)CCCS(N)(=O)=O. The van der Waals surface area contributed by atoms with E-state index in [0.29, 0.717) is 0 Å². The quantitative estimate of drug-likeness (QED) is 0.858. The van der Waals surface area contributed by atoms with E-state index in [9.17, 15) is 13.2 Å². The molecular formula is C11H18N2O3S2. The molecule has 102 valence electrons. The maximum Gasteiger partial charge on any atom is 0.222 e. The summed E-state index contributed by atoms with van der Waals surface area (Å²) >= 11 is 1.60. The minimum absolute atomic E-state index is 0.00647. The van der Waals surface area contributed by atoms with E-state index in [1.165, 1.54) is 0 Å². The smallest absolute Gasteiger partial charge is 0.222 e. The molecule has 1 atom stereocenters. The van der Waals surface area contributed by atoms with Crippen molar-refractivity contribution in [2.45, 2.75) is 25.8 Å². The summed E-state index contributed by atoms with van der Waals surface area (Å²) in [5, 5.41) is 6.85. The average molecular weight is 290 g/mol. The summed E-state index contributed by atoms with van der Waals surface area (Å²) in [6.07, 6.45) is 0.460. The molecule has 0 fully saturated rings. The monoisotopic (exact) mass is 290 g/mol. The van der Waals surface area contributed by atoms with Crippen molar-refractivity contribution in [2.75, 3.05) is 12.8 Å². The molecule has 0 saturated carbocycles. The molecule has 1 heterocycles. The zero-order valence-corrected chi connectivity index (χ0v) is 12.1. The second kappa shape index (κ2) is 6.31. The summed E-state index contributed by atoms with van der Waals surface area (Å²) < 4.78 is 21.5. The van der Waals surface area contributed by atoms with Crippen LogP contribution in [0.15, 0.2) is 17.5 Å². The van der Waals surface area contributed by atoms with Crippen LogP contribution in [0.4, 0.5) is 0 Å². The standard InChI is InChI=1S/C11H18N2O3S2/c1-9(10-5-3-7-17-10)13(2)11(14)6-4-8-18(12,15)16/h3,5,7,9H,4,6,8H2,1-2H3,(H2,12,15,16)/t9-/m1/s1. The van der Waals surface area contributed by atoms with Gasteiger partial charge in [0.25, 0.3) is 0 Å². The molecule has 0 spiro atoms. The Morgan fingerprint density at radius 3 is 2.72 bits per heavy atom. The lowest BCUT2D eigenvalue weighted by Gasteiger charge is -2.24. The Hall–Kier alpha value is -0.920. The third-order valence-corrected chi connectivity index (χ3v) is 4.65. The van der Waals surface area contributed by atoms with Crippen molar-refractivity contribution in [2.24, 2.45) is 5.14 Å². The van der Waals surface area contributed by atoms with Gasteiger partial charge in [-0.1, -0.05) is 6.07 Å². The minimum Gasteiger partial charge on any atom is -0.338 e. The normalized spacial score (nSPS) is 13.3. The van der Waals surface area contributed by atoms with Crippen molar-refractivity contribution in [3.05, 3.63) is 22.4 Å². The van der Waals surface area contributed by atoms with Crippen molar-refractivity contribution in [1.82, 2.24) is 4.90 Å². The summed E-state index contributed by atoms with van der Waals surface area (Å²) in [7, 11) is -1.75. The van der Waals surface area contributed by atoms with E-state index in [1.54, 1.807) is 23.3 Å². The molecule has 1 rings (SSSR count). The number of thiophene rings is 1. The van der Waals surface area contributed by atoms with Gasteiger partial charge in [0.2, 0.25) is 15.9 Å². The second-order valence-corrected chi connectivity index (χ2v) is 6.88. The Labute approximate surface area is 112 Å². The molecule has 1 aromatic rings. The number of nitrogens with zero attached hydrogens (tertiary/aromatic N) is 1. The molecule has 0 saturated heterocycles. The van der Waals surface area contributed by atoms with Gasteiger partial charge in [0.1, 0.15) is 0 Å². The van der Waals surface area contributed by atoms with Crippen LogP contribution in [0.25, 0.3) is 0 Å². The van der Waals surface area contributed by atoms with E-state index in [-0.39, 0.29) is 30.5 Å². The van der Waals surface area contributed by atoms with Crippen LogP contribution in [-0.2, 0) is 14.8 Å². The molecule has 5 nitrogen and oxygen atoms in total. The fourth-order valence-corrected chi connectivity index (χ4v) is 2.91. The summed E-state index contributed by atoms with van der Waals surface area (Å²) in [4.78, 5) is 14.6. The van der Waals surface area contributed by atoms with E-state index in [0.717, 1.165) is 4.88 Å². The summed E-state index contributed by atoms with van der Waals surface area (Å²) in [5.41, 5.74) is 0. The van der Waals surface area contributed by atoms with Gasteiger partial charge in [0, 0.05) is 18.3 Å². The number of carbonyl (C=O) groups excluding carboxylic acids is 1. The number of sulfonamides is 1. The molecule has 1 aromatic heterocycles. The van der Waals surface area contributed by atoms with E-state index >= 15 is 0 Å². The number of amides is 1. The maximum atomic E-state index is 11.9. The Morgan fingerprint density at radius 1 is 1.56 bits per heavy atom. The number of primary sulfonamides is 1. The first-order valence-corrected chi connectivity index (χ1v) is 8.20. The first kappa shape index (κ1) is 15.1. The summed E-state index contributed by atoms with van der Waals surface area (Å²) in [6, 6.07) is 3.92. The third-order valence-electron chi connectivity index (χ3n) is 2.75. The predicted molar refractivity (Wildman–Crippen MR) is 72.7 cm³/mol. The van der Waals surface area contributed by atoms with E-state index in [1.807, 2.05) is 24.4 Å². The molecule has 0 aliphatic carbocycles. The van der Waals surface area contributed by atoms with Crippen LogP contribution in [0.1, 0.15) is 30.7 Å². The van der Waals surface area contributed by atoms with Gasteiger partial charge >= 0.3 is 0 Å². The highest BCUT2D eigenvalue weighted by Gasteiger charge is 2.18. The second-order valence-electron chi connectivity index (χ2n) is 4.17. The van der Waals surface area contributed by atoms with Crippen molar-refractivity contribution >= 4 is 27.3 Å². The molecule has 18 heavy (non-hydrogen) atoms. The van der Waals surface area contributed by atoms with Crippen LogP contribution >= 0.6 is 11.3 Å². The lowest BCUT2D eigenvalue weighted by Crippen LogP contribution is -2.29. The van der Waals surface area contributed by atoms with Crippen molar-refractivity contribution < 1.29 is 13.2 Å². The van der Waals surface area contributed by atoms with Gasteiger partial charge < -0.3 is 4.90 Å². The number of rotatable bonds is 6. The van der Waals surface area contributed by atoms with Crippen molar-refractivity contribution in [3.63, 3.8) is 0 Å². The maximum absolute atomic E-state index is 11.9. The van der Waals surface area contributed by atoms with Gasteiger partial charge in [0.05, 0.1) is 11.8 Å². The summed E-state index contributed by atoms with van der Waals surface area (Å²) in [6.45, 7) is 1.95. The molecule has 7 heteroatoms. The van der Waals surface area contributed by atoms with Gasteiger partial charge in [-0.05, 0) is 24.8 Å². The van der Waals surface area contributed by atoms with Gasteiger partial charge in [0.15, 0.2) is 0 Å². The average Bonchev–Trinajstić information content (AvgIpc) is 2.78. The van der Waals surface area contributed by atoms with E-state index in [4.69, 9.17) is 5.14 Å². The zero-order valence-electron chi connectivity index (χ0n) is 10.5. The molecule has 0 aromatic carbocycles. The molecule has 2 N–H and O–H groups in total. The molecule has 0 aliphatic heterocycles. The van der Waals surface area contributed by atoms with Gasteiger partial charge in [-0.25, -0.2) is 13.6 Å². The molecule has 0 unspecified atom stereocenters. The molecule has 0 aliphatic rings. The predicted octanol–water partition coefficient (Wildman–Crippen LogP) is 1.34. The van der Waals surface area contributed by atoms with Crippen molar-refractivity contribution in [3.8, 4) is 0 Å². The zero-order chi connectivity index (χ0) is 13.8. The van der Waals surface area contributed by atoms with Crippen LogP contribution in [0.5, 0.6) is 0 Å². The number of hydrogen-bond donors (Lipinski definition) is 1. The number of hydrogen-bond acceptors (Lipinski definition) is 4. The highest BCUT2D eigenvalue weighted by Crippen LogP contribution is 2.23. The first-order chi connectivity index (χ1) is 8.31. The minimum atomic E-state index is -3.48. The highest BCUT2D eigenvalue weighted by atomic mass is 32.2. The topological polar surface area (TPSA) is 80.5 Å². The molecule has 0 bridgehead atoms. The van der Waals surface area contributed by atoms with Gasteiger partial charge in [-0.2, -0.15) is 0 Å². The fourth-order valence-electron chi connectivity index (χ4n) is 1.54. The van der Waals surface area contributed by atoms with Gasteiger partial charge in [-0.15, -0.1) is 11.3 Å². The number of nitrogens with two attached hydrogens (primary N) is 1. The molecular weight excluding hydrogens is 272 g/mol. The van der Waals surface area contributed by atoms with Crippen LogP contribution in [0.3, 0.4) is 0 Å². The van der Waals surface area contributed by atoms with Crippen LogP contribution in [0.2, 0.25) is 0 Å². The van der Waals surface area contributed by atoms with Gasteiger partial charge in [-0.3, -0.25) is 4.79 Å². The van der Waals surface area contributed by atoms with Crippen LogP contribution in [0, 0.1) is 0 Å². The Morgan fingerprint density at radius 2 is 2.22 bits per heavy atom. The van der Waals surface area contributed by atoms with Crippen LogP contribution < -0.4 is 5.14 Å². The number of carbonyl (C=O) groups is 1. The lowest BCUT2D eigenvalue weighted by atomic mass is 10.2. The third kappa shape index (κ3) is 4.75. The largest absolute Gasteiger partial charge is 0.338 e. The van der Waals surface area contributed by atoms with E-state index < -0.39 is 10.0 Å². The summed E-state index contributed by atoms with van der Waals surface area (Å²) in [5.74, 6) is -0.223. The Balaban J connectivity index is 2.47. The first-order valence-electron chi connectivity index (χ1n) is 5.61. The highest BCUT2D eigenvalue weighted by molar-refractivity contribution is 7.89. The Kier molecular flexibility index (Phi) is 5.30. The van der Waals surface area contributed by atoms with E-state index in [2.05, 4.69) is 0 Å². The lowest BCUT2D eigenvalue weighted by molar-refractivity contribution is -0.131. The fraction of sp³-hybridized carbons (Fsp3) is 0.545. The molecule has 0 radical (unpaired) electrons. The molecule has 1 amide bonds.